The van der Waals surface area contributed by atoms with Gasteiger partial charge in [0.25, 0.3) is 5.91 Å². The molecule has 2 heterocycles. The Hall–Kier alpha value is -2.73. The lowest BCUT2D eigenvalue weighted by molar-refractivity contribution is -0.132. The van der Waals surface area contributed by atoms with Crippen LogP contribution in [0.4, 0.5) is 0 Å². The summed E-state index contributed by atoms with van der Waals surface area (Å²) in [5.41, 5.74) is 2.04. The molecular formula is C21H21N3O2S. The molecule has 0 atom stereocenters. The van der Waals surface area contributed by atoms with Gasteiger partial charge in [0.2, 0.25) is 5.91 Å². The topological polar surface area (TPSA) is 53.5 Å². The summed E-state index contributed by atoms with van der Waals surface area (Å²) in [4.78, 5) is 33.3. The standard InChI is InChI=1S/C21H21N3O2S/c25-19(11-10-16-6-2-1-3-7-16)23-12-14-24(15-13-23)21(26)20-22-17-8-4-5-9-18(17)27-20/h1-9H,10-15H2. The molecule has 1 fully saturated rings. The molecule has 1 aliphatic heterocycles. The molecule has 2 amide bonds. The Kier molecular flexibility index (Phi) is 5.16. The minimum absolute atomic E-state index is 0.0346. The van der Waals surface area contributed by atoms with Gasteiger partial charge in [0.15, 0.2) is 5.01 Å². The van der Waals surface area contributed by atoms with Gasteiger partial charge in [-0.2, -0.15) is 0 Å². The molecule has 1 aliphatic rings. The minimum atomic E-state index is -0.0346. The highest BCUT2D eigenvalue weighted by atomic mass is 32.1. The van der Waals surface area contributed by atoms with Crippen molar-refractivity contribution in [3.05, 3.63) is 65.2 Å². The molecule has 4 rings (SSSR count). The van der Waals surface area contributed by atoms with E-state index in [1.165, 1.54) is 16.9 Å². The highest BCUT2D eigenvalue weighted by molar-refractivity contribution is 7.20. The van der Waals surface area contributed by atoms with Crippen LogP contribution in [-0.4, -0.2) is 52.8 Å². The number of aromatic nitrogens is 1. The first-order chi connectivity index (χ1) is 13.2. The van der Waals surface area contributed by atoms with Crippen LogP contribution in [0, 0.1) is 0 Å². The number of para-hydroxylation sites is 1. The van der Waals surface area contributed by atoms with E-state index in [1.807, 2.05) is 59.5 Å². The number of aryl methyl sites for hydroxylation is 1. The summed E-state index contributed by atoms with van der Waals surface area (Å²) in [7, 11) is 0. The number of fused-ring (bicyclic) bond motifs is 1. The lowest BCUT2D eigenvalue weighted by atomic mass is 10.1. The van der Waals surface area contributed by atoms with Gasteiger partial charge >= 0.3 is 0 Å². The largest absolute Gasteiger partial charge is 0.339 e. The zero-order valence-corrected chi connectivity index (χ0v) is 15.8. The molecule has 0 bridgehead atoms. The average Bonchev–Trinajstić information content (AvgIpc) is 3.16. The number of amides is 2. The average molecular weight is 379 g/mol. The maximum atomic E-state index is 12.7. The van der Waals surface area contributed by atoms with E-state index >= 15 is 0 Å². The molecular weight excluding hydrogens is 358 g/mol. The van der Waals surface area contributed by atoms with E-state index in [0.29, 0.717) is 37.6 Å². The van der Waals surface area contributed by atoms with Gasteiger partial charge in [-0.15, -0.1) is 11.3 Å². The summed E-state index contributed by atoms with van der Waals surface area (Å²) in [6.45, 7) is 2.30. The minimum Gasteiger partial charge on any atom is -0.339 e. The lowest BCUT2D eigenvalue weighted by Crippen LogP contribution is -2.50. The monoisotopic (exact) mass is 379 g/mol. The van der Waals surface area contributed by atoms with Crippen LogP contribution in [0.5, 0.6) is 0 Å². The highest BCUT2D eigenvalue weighted by Gasteiger charge is 2.26. The van der Waals surface area contributed by atoms with E-state index in [0.717, 1.165) is 16.6 Å². The van der Waals surface area contributed by atoms with Crippen LogP contribution in [0.2, 0.25) is 0 Å². The van der Waals surface area contributed by atoms with Crippen molar-refractivity contribution in [1.82, 2.24) is 14.8 Å². The summed E-state index contributed by atoms with van der Waals surface area (Å²) < 4.78 is 1.02. The SMILES string of the molecule is O=C(CCc1ccccc1)N1CCN(C(=O)c2nc3ccccc3s2)CC1. The number of benzene rings is 2. The number of hydrogen-bond donors (Lipinski definition) is 0. The smallest absolute Gasteiger partial charge is 0.282 e. The molecule has 1 aromatic heterocycles. The van der Waals surface area contributed by atoms with Crippen LogP contribution >= 0.6 is 11.3 Å². The molecule has 5 nitrogen and oxygen atoms in total. The molecule has 27 heavy (non-hydrogen) atoms. The Bertz CT molecular complexity index is 913. The van der Waals surface area contributed by atoms with Crippen LogP contribution in [0.25, 0.3) is 10.2 Å². The number of thiazole rings is 1. The van der Waals surface area contributed by atoms with Gasteiger partial charge in [-0.3, -0.25) is 9.59 Å². The third-order valence-electron chi connectivity index (χ3n) is 4.87. The molecule has 0 unspecified atom stereocenters. The fourth-order valence-corrected chi connectivity index (χ4v) is 4.25. The van der Waals surface area contributed by atoms with Crippen molar-refractivity contribution in [3.63, 3.8) is 0 Å². The Morgan fingerprint density at radius 1 is 0.889 bits per heavy atom. The third kappa shape index (κ3) is 4.01. The summed E-state index contributed by atoms with van der Waals surface area (Å²) in [5.74, 6) is 0.124. The summed E-state index contributed by atoms with van der Waals surface area (Å²) in [6.07, 6.45) is 1.26. The van der Waals surface area contributed by atoms with Gasteiger partial charge in [-0.05, 0) is 24.1 Å². The fourth-order valence-electron chi connectivity index (χ4n) is 3.31. The first kappa shape index (κ1) is 17.7. The molecule has 3 aromatic rings. The Morgan fingerprint density at radius 3 is 2.30 bits per heavy atom. The van der Waals surface area contributed by atoms with Crippen LogP contribution in [0.1, 0.15) is 21.8 Å². The maximum Gasteiger partial charge on any atom is 0.282 e. The van der Waals surface area contributed by atoms with Gasteiger partial charge in [-0.25, -0.2) is 4.98 Å². The van der Waals surface area contributed by atoms with Crippen molar-refractivity contribution < 1.29 is 9.59 Å². The number of carbonyl (C=O) groups excluding carboxylic acids is 2. The van der Waals surface area contributed by atoms with Gasteiger partial charge in [-0.1, -0.05) is 42.5 Å². The summed E-state index contributed by atoms with van der Waals surface area (Å²) >= 11 is 1.43. The molecule has 6 heteroatoms. The van der Waals surface area contributed by atoms with Crippen molar-refractivity contribution in [2.45, 2.75) is 12.8 Å². The van der Waals surface area contributed by atoms with Crippen molar-refractivity contribution in [2.75, 3.05) is 26.2 Å². The van der Waals surface area contributed by atoms with E-state index in [1.54, 1.807) is 4.90 Å². The molecule has 138 valence electrons. The molecule has 0 saturated carbocycles. The zero-order valence-electron chi connectivity index (χ0n) is 15.0. The van der Waals surface area contributed by atoms with E-state index < -0.39 is 0 Å². The first-order valence-electron chi connectivity index (χ1n) is 9.17. The van der Waals surface area contributed by atoms with E-state index in [2.05, 4.69) is 4.98 Å². The second-order valence-corrected chi connectivity index (χ2v) is 7.68. The number of nitrogens with zero attached hydrogens (tertiary/aromatic N) is 3. The fraction of sp³-hybridized carbons (Fsp3) is 0.286. The highest BCUT2D eigenvalue weighted by Crippen LogP contribution is 2.23. The Morgan fingerprint density at radius 2 is 1.56 bits per heavy atom. The van der Waals surface area contributed by atoms with Crippen molar-refractivity contribution in [2.24, 2.45) is 0 Å². The first-order valence-corrected chi connectivity index (χ1v) is 9.99. The summed E-state index contributed by atoms with van der Waals surface area (Å²) in [6, 6.07) is 17.8. The van der Waals surface area contributed by atoms with E-state index in [9.17, 15) is 9.59 Å². The Labute approximate surface area is 162 Å². The predicted molar refractivity (Wildman–Crippen MR) is 107 cm³/mol. The quantitative estimate of drug-likeness (QED) is 0.699. The number of hydrogen-bond acceptors (Lipinski definition) is 4. The zero-order chi connectivity index (χ0) is 18.6. The van der Waals surface area contributed by atoms with Crippen molar-refractivity contribution in [3.8, 4) is 0 Å². The number of piperazine rings is 1. The van der Waals surface area contributed by atoms with Crippen LogP contribution < -0.4 is 0 Å². The second-order valence-electron chi connectivity index (χ2n) is 6.65. The summed E-state index contributed by atoms with van der Waals surface area (Å²) in [5, 5.41) is 0.528. The van der Waals surface area contributed by atoms with Crippen LogP contribution in [0.15, 0.2) is 54.6 Å². The van der Waals surface area contributed by atoms with E-state index in [-0.39, 0.29) is 11.8 Å². The van der Waals surface area contributed by atoms with Gasteiger partial charge in [0.05, 0.1) is 10.2 Å². The molecule has 0 N–H and O–H groups in total. The normalized spacial score (nSPS) is 14.5. The second kappa shape index (κ2) is 7.88. The third-order valence-corrected chi connectivity index (χ3v) is 5.89. The molecule has 0 radical (unpaired) electrons. The van der Waals surface area contributed by atoms with Crippen molar-refractivity contribution in [1.29, 1.82) is 0 Å². The Balaban J connectivity index is 1.31. The predicted octanol–water partition coefficient (Wildman–Crippen LogP) is 3.21. The number of rotatable bonds is 4. The molecule has 0 spiro atoms. The van der Waals surface area contributed by atoms with Gasteiger partial charge in [0.1, 0.15) is 0 Å². The van der Waals surface area contributed by atoms with Crippen molar-refractivity contribution >= 4 is 33.4 Å². The number of carbonyl (C=O) groups is 2. The molecule has 2 aromatic carbocycles. The van der Waals surface area contributed by atoms with Gasteiger partial charge in [0, 0.05) is 32.6 Å². The maximum absolute atomic E-state index is 12.7. The van der Waals surface area contributed by atoms with Gasteiger partial charge < -0.3 is 9.80 Å². The van der Waals surface area contributed by atoms with Crippen LogP contribution in [0.3, 0.4) is 0 Å². The molecule has 1 saturated heterocycles. The van der Waals surface area contributed by atoms with E-state index in [4.69, 9.17) is 0 Å². The lowest BCUT2D eigenvalue weighted by Gasteiger charge is -2.34. The van der Waals surface area contributed by atoms with Crippen LogP contribution in [-0.2, 0) is 11.2 Å². The molecule has 0 aliphatic carbocycles.